The first-order valence-corrected chi connectivity index (χ1v) is 15.2. The molecule has 3 nitrogen and oxygen atoms in total. The maximum Gasteiger partial charge on any atom is 0.143 e. The maximum absolute atomic E-state index is 6.46. The van der Waals surface area contributed by atoms with E-state index >= 15 is 0 Å². The molecule has 9 rings (SSSR count). The van der Waals surface area contributed by atoms with E-state index in [0.29, 0.717) is 0 Å². The topological polar surface area (TPSA) is 38.3 Å². The van der Waals surface area contributed by atoms with Gasteiger partial charge in [-0.25, -0.2) is 0 Å². The molecule has 0 saturated heterocycles. The molecule has 0 aliphatic carbocycles. The number of rotatable bonds is 5. The van der Waals surface area contributed by atoms with Gasteiger partial charge in [0.15, 0.2) is 0 Å². The van der Waals surface area contributed by atoms with Gasteiger partial charge in [0, 0.05) is 33.0 Å². The summed E-state index contributed by atoms with van der Waals surface area (Å²) in [6, 6.07) is 54.8. The summed E-state index contributed by atoms with van der Waals surface area (Å²) in [5, 5.41) is 8.20. The molecule has 0 fully saturated rings. The van der Waals surface area contributed by atoms with Gasteiger partial charge in [-0.1, -0.05) is 121 Å². The highest BCUT2D eigenvalue weighted by molar-refractivity contribution is 6.18. The molecule has 0 atom stereocenters. The summed E-state index contributed by atoms with van der Waals surface area (Å²) in [5.41, 5.74) is 12.3. The molecule has 45 heavy (non-hydrogen) atoms. The zero-order valence-electron chi connectivity index (χ0n) is 24.3. The van der Waals surface area contributed by atoms with E-state index in [1.54, 1.807) is 0 Å². The van der Waals surface area contributed by atoms with Crippen molar-refractivity contribution in [3.63, 3.8) is 0 Å². The molecule has 3 heteroatoms. The van der Waals surface area contributed by atoms with Crippen LogP contribution in [0.2, 0.25) is 0 Å². The lowest BCUT2D eigenvalue weighted by atomic mass is 9.95. The standard InChI is InChI=1S/C42H27NO2/c1-2-12-27(13-3-1)28-14-8-15-29(26-28)30-18-10-24-38-40(30)41-36(22-11-25-39(41)44-38)43-35-21-6-4-16-31(35)33-19-9-20-34-32-17-5-7-23-37(32)45-42(33)34/h1-26,43H. The van der Waals surface area contributed by atoms with Gasteiger partial charge in [0.2, 0.25) is 0 Å². The Bertz CT molecular complexity index is 2520. The fourth-order valence-electron chi connectivity index (χ4n) is 6.64. The first-order chi connectivity index (χ1) is 22.3. The Balaban J connectivity index is 1.21. The second-order valence-electron chi connectivity index (χ2n) is 11.4. The van der Waals surface area contributed by atoms with Crippen LogP contribution in [0.5, 0.6) is 0 Å². The van der Waals surface area contributed by atoms with Crippen LogP contribution in [-0.2, 0) is 0 Å². The third-order valence-electron chi connectivity index (χ3n) is 8.69. The number of nitrogens with one attached hydrogen (secondary N) is 1. The van der Waals surface area contributed by atoms with Gasteiger partial charge in [0.05, 0.1) is 11.1 Å². The highest BCUT2D eigenvalue weighted by Crippen LogP contribution is 2.43. The van der Waals surface area contributed by atoms with Gasteiger partial charge in [-0.15, -0.1) is 0 Å². The van der Waals surface area contributed by atoms with Gasteiger partial charge in [-0.2, -0.15) is 0 Å². The molecule has 1 N–H and O–H groups in total. The molecule has 0 bridgehead atoms. The smallest absolute Gasteiger partial charge is 0.143 e. The van der Waals surface area contributed by atoms with Crippen molar-refractivity contribution in [1.82, 2.24) is 0 Å². The van der Waals surface area contributed by atoms with E-state index < -0.39 is 0 Å². The van der Waals surface area contributed by atoms with Crippen LogP contribution < -0.4 is 5.32 Å². The Morgan fingerprint density at radius 1 is 0.356 bits per heavy atom. The largest absolute Gasteiger partial charge is 0.456 e. The first kappa shape index (κ1) is 25.4. The van der Waals surface area contributed by atoms with Crippen LogP contribution in [0.25, 0.3) is 77.3 Å². The Hall–Kier alpha value is -6.06. The minimum Gasteiger partial charge on any atom is -0.456 e. The van der Waals surface area contributed by atoms with Gasteiger partial charge in [-0.05, 0) is 58.7 Å². The van der Waals surface area contributed by atoms with Crippen LogP contribution in [0.3, 0.4) is 0 Å². The molecule has 0 aliphatic heterocycles. The normalized spacial score (nSPS) is 11.6. The lowest BCUT2D eigenvalue weighted by molar-refractivity contribution is 0.669. The van der Waals surface area contributed by atoms with Crippen molar-refractivity contribution < 1.29 is 8.83 Å². The number of fused-ring (bicyclic) bond motifs is 6. The predicted molar refractivity (Wildman–Crippen MR) is 187 cm³/mol. The van der Waals surface area contributed by atoms with Crippen LogP contribution in [0, 0.1) is 0 Å². The number of hydrogen-bond donors (Lipinski definition) is 1. The average molecular weight is 578 g/mol. The molecule has 212 valence electrons. The second kappa shape index (κ2) is 10.3. The lowest BCUT2D eigenvalue weighted by Crippen LogP contribution is -1.94. The number of anilines is 2. The summed E-state index contributed by atoms with van der Waals surface area (Å²) in [6.07, 6.45) is 0. The molecule has 0 unspecified atom stereocenters. The van der Waals surface area contributed by atoms with Crippen molar-refractivity contribution in [2.24, 2.45) is 0 Å². The second-order valence-corrected chi connectivity index (χ2v) is 11.4. The van der Waals surface area contributed by atoms with Gasteiger partial charge in [0.1, 0.15) is 22.3 Å². The van der Waals surface area contributed by atoms with Crippen molar-refractivity contribution in [3.05, 3.63) is 158 Å². The SMILES string of the molecule is c1ccc(-c2cccc(-c3cccc4oc5cccc(Nc6ccccc6-c6cccc7c6oc6ccccc67)c5c34)c2)cc1. The molecule has 0 radical (unpaired) electrons. The van der Waals surface area contributed by atoms with E-state index in [4.69, 9.17) is 8.83 Å². The summed E-state index contributed by atoms with van der Waals surface area (Å²) in [6.45, 7) is 0. The van der Waals surface area contributed by atoms with Crippen molar-refractivity contribution in [1.29, 1.82) is 0 Å². The Morgan fingerprint density at radius 2 is 0.956 bits per heavy atom. The molecule has 0 amide bonds. The van der Waals surface area contributed by atoms with Crippen molar-refractivity contribution in [3.8, 4) is 33.4 Å². The summed E-state index contributed by atoms with van der Waals surface area (Å²) < 4.78 is 12.9. The number of hydrogen-bond acceptors (Lipinski definition) is 3. The van der Waals surface area contributed by atoms with Crippen molar-refractivity contribution >= 4 is 55.3 Å². The molecule has 0 aliphatic rings. The van der Waals surface area contributed by atoms with E-state index in [1.165, 1.54) is 11.1 Å². The quantitative estimate of drug-likeness (QED) is 0.221. The Morgan fingerprint density at radius 3 is 1.89 bits per heavy atom. The zero-order valence-corrected chi connectivity index (χ0v) is 24.3. The molecular weight excluding hydrogens is 550 g/mol. The number of para-hydroxylation sites is 3. The first-order valence-electron chi connectivity index (χ1n) is 15.2. The minimum absolute atomic E-state index is 0.846. The Kier molecular flexibility index (Phi) is 5.82. The summed E-state index contributed by atoms with van der Waals surface area (Å²) in [5.74, 6) is 0. The van der Waals surface area contributed by atoms with Crippen LogP contribution in [0.4, 0.5) is 11.4 Å². The van der Waals surface area contributed by atoms with Crippen LogP contribution in [0.15, 0.2) is 167 Å². The van der Waals surface area contributed by atoms with E-state index in [2.05, 4.69) is 139 Å². The predicted octanol–water partition coefficient (Wildman–Crippen LogP) is 12.2. The van der Waals surface area contributed by atoms with E-state index in [-0.39, 0.29) is 0 Å². The summed E-state index contributed by atoms with van der Waals surface area (Å²) in [4.78, 5) is 0. The van der Waals surface area contributed by atoms with Crippen molar-refractivity contribution in [2.75, 3.05) is 5.32 Å². The number of benzene rings is 7. The molecule has 9 aromatic rings. The molecule has 2 aromatic heterocycles. The fourth-order valence-corrected chi connectivity index (χ4v) is 6.64. The van der Waals surface area contributed by atoms with Gasteiger partial charge < -0.3 is 14.2 Å². The van der Waals surface area contributed by atoms with Crippen LogP contribution in [-0.4, -0.2) is 0 Å². The third kappa shape index (κ3) is 4.21. The molecule has 0 spiro atoms. The molecule has 0 saturated carbocycles. The van der Waals surface area contributed by atoms with Gasteiger partial charge in [-0.3, -0.25) is 0 Å². The van der Waals surface area contributed by atoms with Crippen LogP contribution in [0.1, 0.15) is 0 Å². The summed E-state index contributed by atoms with van der Waals surface area (Å²) >= 11 is 0. The maximum atomic E-state index is 6.46. The fraction of sp³-hybridized carbons (Fsp3) is 0. The lowest BCUT2D eigenvalue weighted by Gasteiger charge is -2.14. The highest BCUT2D eigenvalue weighted by atomic mass is 16.3. The van der Waals surface area contributed by atoms with Crippen LogP contribution >= 0.6 is 0 Å². The van der Waals surface area contributed by atoms with Gasteiger partial charge in [0.25, 0.3) is 0 Å². The van der Waals surface area contributed by atoms with Gasteiger partial charge >= 0.3 is 0 Å². The van der Waals surface area contributed by atoms with E-state index in [0.717, 1.165) is 77.5 Å². The number of furan rings is 2. The Labute approximate surface area is 260 Å². The average Bonchev–Trinajstić information content (AvgIpc) is 3.68. The monoisotopic (exact) mass is 577 g/mol. The molecule has 7 aromatic carbocycles. The molecular formula is C42H27NO2. The third-order valence-corrected chi connectivity index (χ3v) is 8.69. The molecule has 2 heterocycles. The van der Waals surface area contributed by atoms with E-state index in [1.807, 2.05) is 24.3 Å². The van der Waals surface area contributed by atoms with Crippen molar-refractivity contribution in [2.45, 2.75) is 0 Å². The highest BCUT2D eigenvalue weighted by Gasteiger charge is 2.18. The van der Waals surface area contributed by atoms with E-state index in [9.17, 15) is 0 Å². The summed E-state index contributed by atoms with van der Waals surface area (Å²) in [7, 11) is 0. The minimum atomic E-state index is 0.846. The zero-order chi connectivity index (χ0) is 29.7.